The Kier molecular flexibility index (Phi) is 5.86. The lowest BCUT2D eigenvalue weighted by Gasteiger charge is -2.37. The number of nitrogens with zero attached hydrogens (tertiary/aromatic N) is 3. The Morgan fingerprint density at radius 2 is 2.00 bits per heavy atom. The smallest absolute Gasteiger partial charge is 0.251 e. The zero-order valence-corrected chi connectivity index (χ0v) is 14.6. The van der Waals surface area contributed by atoms with E-state index in [2.05, 4.69) is 15.2 Å². The maximum atomic E-state index is 13.7. The van der Waals surface area contributed by atoms with Gasteiger partial charge in [0, 0.05) is 51.9 Å². The van der Waals surface area contributed by atoms with Crippen molar-refractivity contribution in [1.82, 2.24) is 15.1 Å². The molecule has 7 heteroatoms. The molecule has 1 atom stereocenters. The molecule has 1 amide bonds. The zero-order chi connectivity index (χ0) is 17.6. The first-order chi connectivity index (χ1) is 12.2. The minimum atomic E-state index is -0.259. The van der Waals surface area contributed by atoms with Gasteiger partial charge in [-0.2, -0.15) is 0 Å². The summed E-state index contributed by atoms with van der Waals surface area (Å²) < 4.78 is 19.2. The molecular weight excluding hydrogens is 323 g/mol. The summed E-state index contributed by atoms with van der Waals surface area (Å²) in [5, 5.41) is 3.20. The highest BCUT2D eigenvalue weighted by molar-refractivity contribution is 5.82. The minimum absolute atomic E-state index is 0.103. The summed E-state index contributed by atoms with van der Waals surface area (Å²) in [6.45, 7) is 3.78. The van der Waals surface area contributed by atoms with Crippen molar-refractivity contribution >= 4 is 11.9 Å². The van der Waals surface area contributed by atoms with E-state index in [4.69, 9.17) is 4.74 Å². The van der Waals surface area contributed by atoms with Gasteiger partial charge >= 0.3 is 0 Å². The largest absolute Gasteiger partial charge is 0.368 e. The van der Waals surface area contributed by atoms with Gasteiger partial charge in [0.2, 0.25) is 0 Å². The van der Waals surface area contributed by atoms with Gasteiger partial charge in [-0.15, -0.1) is 0 Å². The first kappa shape index (κ1) is 17.7. The van der Waals surface area contributed by atoms with E-state index in [1.54, 1.807) is 19.2 Å². The molecular formula is C18H25FN4O2. The molecule has 0 radical (unpaired) electrons. The molecule has 136 valence electrons. The number of ether oxygens (including phenoxy) is 1. The van der Waals surface area contributed by atoms with E-state index in [9.17, 15) is 9.18 Å². The highest BCUT2D eigenvalue weighted by atomic mass is 19.1. The van der Waals surface area contributed by atoms with Crippen molar-refractivity contribution in [1.29, 1.82) is 0 Å². The van der Waals surface area contributed by atoms with Crippen LogP contribution >= 0.6 is 0 Å². The third-order valence-electron chi connectivity index (χ3n) is 4.70. The number of halogens is 1. The van der Waals surface area contributed by atoms with Crippen LogP contribution in [0.1, 0.15) is 18.4 Å². The monoisotopic (exact) mass is 348 g/mol. The minimum Gasteiger partial charge on any atom is -0.368 e. The van der Waals surface area contributed by atoms with Crippen molar-refractivity contribution in [2.24, 2.45) is 4.99 Å². The summed E-state index contributed by atoms with van der Waals surface area (Å²) in [5.74, 6) is 0.608. The van der Waals surface area contributed by atoms with Crippen LogP contribution in [0.4, 0.5) is 4.39 Å². The maximum absolute atomic E-state index is 13.7. The average molecular weight is 348 g/mol. The van der Waals surface area contributed by atoms with Crippen LogP contribution in [0.3, 0.4) is 0 Å². The third-order valence-corrected chi connectivity index (χ3v) is 4.70. The number of nitrogens with one attached hydrogen (secondary N) is 1. The molecule has 1 N–H and O–H groups in total. The second-order valence-corrected chi connectivity index (χ2v) is 6.31. The molecule has 2 heterocycles. The van der Waals surface area contributed by atoms with Gasteiger partial charge in [0.15, 0.2) is 5.96 Å². The maximum Gasteiger partial charge on any atom is 0.251 e. The molecule has 0 spiro atoms. The Morgan fingerprint density at radius 3 is 2.64 bits per heavy atom. The normalized spacial score (nSPS) is 21.5. The van der Waals surface area contributed by atoms with E-state index in [0.29, 0.717) is 44.9 Å². The molecule has 2 saturated heterocycles. The quantitative estimate of drug-likeness (QED) is 0.659. The molecule has 2 aliphatic heterocycles. The highest BCUT2D eigenvalue weighted by Gasteiger charge is 2.30. The van der Waals surface area contributed by atoms with E-state index in [-0.39, 0.29) is 17.8 Å². The molecule has 25 heavy (non-hydrogen) atoms. The molecule has 2 aliphatic rings. The van der Waals surface area contributed by atoms with E-state index in [1.165, 1.54) is 6.07 Å². The van der Waals surface area contributed by atoms with E-state index < -0.39 is 0 Å². The summed E-state index contributed by atoms with van der Waals surface area (Å²) in [5.41, 5.74) is 0.607. The fourth-order valence-corrected chi connectivity index (χ4v) is 3.26. The van der Waals surface area contributed by atoms with Crippen LogP contribution < -0.4 is 5.32 Å². The van der Waals surface area contributed by atoms with Crippen LogP contribution in [0.2, 0.25) is 0 Å². The summed E-state index contributed by atoms with van der Waals surface area (Å²) in [6, 6.07) is 6.71. The van der Waals surface area contributed by atoms with Crippen LogP contribution in [0, 0.1) is 5.82 Å². The summed E-state index contributed by atoms with van der Waals surface area (Å²) in [7, 11) is 1.72. The Labute approximate surface area is 147 Å². The fourth-order valence-electron chi connectivity index (χ4n) is 3.26. The molecule has 1 aromatic rings. The van der Waals surface area contributed by atoms with Crippen molar-refractivity contribution in [3.05, 3.63) is 35.6 Å². The number of rotatable bonds is 3. The molecule has 0 saturated carbocycles. The topological polar surface area (TPSA) is 57.2 Å². The van der Waals surface area contributed by atoms with Crippen LogP contribution in [-0.4, -0.2) is 67.6 Å². The van der Waals surface area contributed by atoms with Crippen LogP contribution in [0.15, 0.2) is 29.3 Å². The third kappa shape index (κ3) is 4.28. The summed E-state index contributed by atoms with van der Waals surface area (Å²) in [6.07, 6.45) is 1.53. The number of hydrogen-bond acceptors (Lipinski definition) is 3. The molecule has 3 rings (SSSR count). The Hall–Kier alpha value is -2.15. The highest BCUT2D eigenvalue weighted by Crippen LogP contribution is 2.16. The summed E-state index contributed by atoms with van der Waals surface area (Å²) >= 11 is 0. The number of carbonyl (C=O) groups is 1. The number of aliphatic imine (C=N–C) groups is 1. The predicted octanol–water partition coefficient (Wildman–Crippen LogP) is 1.22. The van der Waals surface area contributed by atoms with E-state index >= 15 is 0 Å². The molecule has 0 aromatic heterocycles. The first-order valence-electron chi connectivity index (χ1n) is 8.78. The van der Waals surface area contributed by atoms with Gasteiger partial charge in [-0.25, -0.2) is 4.39 Å². The zero-order valence-electron chi connectivity index (χ0n) is 14.6. The molecule has 6 nitrogen and oxygen atoms in total. The van der Waals surface area contributed by atoms with Crippen LogP contribution in [0.25, 0.3) is 0 Å². The lowest BCUT2D eigenvalue weighted by atomic mass is 10.2. The Bertz CT molecular complexity index is 623. The van der Waals surface area contributed by atoms with Gasteiger partial charge in [0.1, 0.15) is 11.9 Å². The van der Waals surface area contributed by atoms with Gasteiger partial charge in [0.05, 0.1) is 0 Å². The first-order valence-corrected chi connectivity index (χ1v) is 8.78. The standard InChI is InChI=1S/C18H25FN4O2/c1-20-18(21-13-14-5-2-3-6-15(14)19)23-10-8-22(9-11-23)17(24)16-7-4-12-25-16/h2-3,5-6,16H,4,7-13H2,1H3,(H,20,21). The number of guanidine groups is 1. The van der Waals surface area contributed by atoms with Crippen molar-refractivity contribution in [3.63, 3.8) is 0 Å². The van der Waals surface area contributed by atoms with Gasteiger partial charge in [-0.05, 0) is 18.9 Å². The lowest BCUT2D eigenvalue weighted by Crippen LogP contribution is -2.55. The van der Waals surface area contributed by atoms with Crippen molar-refractivity contribution < 1.29 is 13.9 Å². The van der Waals surface area contributed by atoms with Gasteiger partial charge in [-0.3, -0.25) is 9.79 Å². The predicted molar refractivity (Wildman–Crippen MR) is 93.7 cm³/mol. The van der Waals surface area contributed by atoms with Gasteiger partial charge in [-0.1, -0.05) is 18.2 Å². The summed E-state index contributed by atoms with van der Waals surface area (Å²) in [4.78, 5) is 20.6. The number of benzene rings is 1. The molecule has 1 unspecified atom stereocenters. The van der Waals surface area contributed by atoms with E-state index in [0.717, 1.165) is 18.8 Å². The number of carbonyl (C=O) groups excluding carboxylic acids is 1. The van der Waals surface area contributed by atoms with Crippen molar-refractivity contribution in [2.45, 2.75) is 25.5 Å². The molecule has 0 bridgehead atoms. The second kappa shape index (κ2) is 8.29. The van der Waals surface area contributed by atoms with Crippen molar-refractivity contribution in [3.8, 4) is 0 Å². The molecule has 2 fully saturated rings. The van der Waals surface area contributed by atoms with Gasteiger partial charge < -0.3 is 19.9 Å². The van der Waals surface area contributed by atoms with E-state index in [1.807, 2.05) is 11.0 Å². The number of hydrogen-bond donors (Lipinski definition) is 1. The molecule has 0 aliphatic carbocycles. The number of piperazine rings is 1. The second-order valence-electron chi connectivity index (χ2n) is 6.31. The van der Waals surface area contributed by atoms with Crippen LogP contribution in [-0.2, 0) is 16.1 Å². The van der Waals surface area contributed by atoms with Crippen molar-refractivity contribution in [2.75, 3.05) is 39.8 Å². The number of amides is 1. The SMILES string of the molecule is CN=C(NCc1ccccc1F)N1CCN(C(=O)C2CCCO2)CC1. The van der Waals surface area contributed by atoms with Crippen LogP contribution in [0.5, 0.6) is 0 Å². The fraction of sp³-hybridized carbons (Fsp3) is 0.556. The Morgan fingerprint density at radius 1 is 1.28 bits per heavy atom. The lowest BCUT2D eigenvalue weighted by molar-refractivity contribution is -0.142. The van der Waals surface area contributed by atoms with Gasteiger partial charge in [0.25, 0.3) is 5.91 Å². The Balaban J connectivity index is 1.50. The molecule has 1 aromatic carbocycles. The average Bonchev–Trinajstić information content (AvgIpc) is 3.18.